The Labute approximate surface area is 116 Å². The Morgan fingerprint density at radius 1 is 1.30 bits per heavy atom. The first-order valence-corrected chi connectivity index (χ1v) is 6.68. The van der Waals surface area contributed by atoms with E-state index >= 15 is 0 Å². The average molecular weight is 285 g/mol. The third-order valence-corrected chi connectivity index (χ3v) is 3.23. The molecule has 0 bridgehead atoms. The van der Waals surface area contributed by atoms with E-state index in [0.29, 0.717) is 0 Å². The lowest BCUT2D eigenvalue weighted by atomic mass is 10.2. The van der Waals surface area contributed by atoms with Gasteiger partial charge < -0.3 is 15.0 Å². The van der Waals surface area contributed by atoms with Gasteiger partial charge in [0.25, 0.3) is 5.91 Å². The van der Waals surface area contributed by atoms with Gasteiger partial charge in [-0.3, -0.25) is 4.79 Å². The van der Waals surface area contributed by atoms with Crippen LogP contribution in [0.4, 0.5) is 14.5 Å². The summed E-state index contributed by atoms with van der Waals surface area (Å²) in [5.41, 5.74) is 0.266. The van der Waals surface area contributed by atoms with Gasteiger partial charge in [-0.2, -0.15) is 0 Å². The highest BCUT2D eigenvalue weighted by atomic mass is 19.2. The first-order valence-electron chi connectivity index (χ1n) is 6.68. The van der Waals surface area contributed by atoms with Gasteiger partial charge in [0.05, 0.1) is 0 Å². The number of amides is 1. The quantitative estimate of drug-likeness (QED) is 0.854. The Hall–Kier alpha value is -1.53. The summed E-state index contributed by atoms with van der Waals surface area (Å²) in [5.74, 6) is -2.11. The molecule has 1 aliphatic heterocycles. The molecule has 6 heteroatoms. The molecule has 4 nitrogen and oxygen atoms in total. The van der Waals surface area contributed by atoms with Crippen molar-refractivity contribution in [1.82, 2.24) is 0 Å². The third kappa shape index (κ3) is 3.98. The number of carbonyl (C=O) groups excluding carboxylic acids is 1. The summed E-state index contributed by atoms with van der Waals surface area (Å²) in [7, 11) is 0. The lowest BCUT2D eigenvalue weighted by Gasteiger charge is -2.31. The molecule has 2 rings (SSSR count). The summed E-state index contributed by atoms with van der Waals surface area (Å²) in [5, 5.41) is 2.58. The summed E-state index contributed by atoms with van der Waals surface area (Å²) in [6.45, 7) is 5.76. The number of carbonyl (C=O) groups is 1. The minimum absolute atomic E-state index is 0.116. The van der Waals surface area contributed by atoms with E-state index < -0.39 is 11.6 Å². The lowest BCUT2D eigenvalue weighted by molar-refractivity contribution is -0.907. The van der Waals surface area contributed by atoms with E-state index in [0.717, 1.165) is 30.1 Å². The smallest absolute Gasteiger partial charge is 0.279 e. The Morgan fingerprint density at radius 3 is 2.55 bits per heavy atom. The van der Waals surface area contributed by atoms with Crippen molar-refractivity contribution in [1.29, 1.82) is 0 Å². The molecule has 0 saturated carbocycles. The van der Waals surface area contributed by atoms with Crippen molar-refractivity contribution in [3.05, 3.63) is 29.8 Å². The zero-order chi connectivity index (χ0) is 14.7. The molecule has 1 unspecified atom stereocenters. The van der Waals surface area contributed by atoms with Crippen LogP contribution in [0.2, 0.25) is 0 Å². The van der Waals surface area contributed by atoms with Gasteiger partial charge in [0, 0.05) is 11.8 Å². The molecule has 0 aliphatic carbocycles. The minimum Gasteiger partial charge on any atom is -0.364 e. The minimum atomic E-state index is -0.969. The average Bonchev–Trinajstić information content (AvgIpc) is 2.32. The second kappa shape index (κ2) is 6.28. The summed E-state index contributed by atoms with van der Waals surface area (Å²) in [4.78, 5) is 13.0. The molecular formula is C14H19F2N2O2+. The molecule has 110 valence electrons. The zero-order valence-electron chi connectivity index (χ0n) is 11.6. The number of halogens is 2. The van der Waals surface area contributed by atoms with Crippen LogP contribution in [0.1, 0.15) is 13.8 Å². The van der Waals surface area contributed by atoms with Crippen LogP contribution in [-0.2, 0) is 9.53 Å². The Kier molecular flexibility index (Phi) is 4.67. The van der Waals surface area contributed by atoms with Crippen molar-refractivity contribution in [2.24, 2.45) is 0 Å². The number of morpholine rings is 1. The number of rotatable bonds is 3. The molecule has 20 heavy (non-hydrogen) atoms. The molecular weight excluding hydrogens is 266 g/mol. The summed E-state index contributed by atoms with van der Waals surface area (Å²) in [6, 6.07) is 3.32. The Balaban J connectivity index is 1.90. The lowest BCUT2D eigenvalue weighted by Crippen LogP contribution is -3.16. The fourth-order valence-corrected chi connectivity index (χ4v) is 2.54. The molecule has 0 radical (unpaired) electrons. The molecule has 1 amide bonds. The van der Waals surface area contributed by atoms with Gasteiger partial charge in [-0.05, 0) is 26.0 Å². The molecule has 1 heterocycles. The van der Waals surface area contributed by atoms with Crippen LogP contribution in [-0.4, -0.2) is 37.7 Å². The Bertz CT molecular complexity index is 486. The molecule has 1 aromatic carbocycles. The van der Waals surface area contributed by atoms with E-state index in [9.17, 15) is 13.6 Å². The van der Waals surface area contributed by atoms with Crippen molar-refractivity contribution in [2.75, 3.05) is 25.0 Å². The zero-order valence-corrected chi connectivity index (χ0v) is 11.6. The highest BCUT2D eigenvalue weighted by Gasteiger charge is 2.27. The highest BCUT2D eigenvalue weighted by molar-refractivity contribution is 5.91. The summed E-state index contributed by atoms with van der Waals surface area (Å²) < 4.78 is 31.4. The maximum Gasteiger partial charge on any atom is 0.279 e. The van der Waals surface area contributed by atoms with Crippen LogP contribution in [0.15, 0.2) is 18.2 Å². The largest absolute Gasteiger partial charge is 0.364 e. The fraction of sp³-hybridized carbons (Fsp3) is 0.500. The number of nitrogens with one attached hydrogen (secondary N) is 2. The van der Waals surface area contributed by atoms with E-state index in [1.165, 1.54) is 6.07 Å². The third-order valence-electron chi connectivity index (χ3n) is 3.23. The van der Waals surface area contributed by atoms with Gasteiger partial charge >= 0.3 is 0 Å². The monoisotopic (exact) mass is 285 g/mol. The predicted octanol–water partition coefficient (Wildman–Crippen LogP) is 0.595. The van der Waals surface area contributed by atoms with E-state index in [1.54, 1.807) is 0 Å². The van der Waals surface area contributed by atoms with Crippen LogP contribution >= 0.6 is 0 Å². The summed E-state index contributed by atoms with van der Waals surface area (Å²) >= 11 is 0. The predicted molar refractivity (Wildman–Crippen MR) is 70.6 cm³/mol. The molecule has 1 fully saturated rings. The number of quaternary nitrogens is 1. The molecule has 1 aromatic rings. The molecule has 1 aliphatic rings. The second-order valence-corrected chi connectivity index (χ2v) is 5.27. The van der Waals surface area contributed by atoms with E-state index in [-0.39, 0.29) is 30.3 Å². The van der Waals surface area contributed by atoms with Crippen molar-refractivity contribution in [2.45, 2.75) is 26.1 Å². The summed E-state index contributed by atoms with van der Waals surface area (Å²) in [6.07, 6.45) is 0.231. The van der Waals surface area contributed by atoms with Crippen molar-refractivity contribution >= 4 is 11.6 Å². The standard InChI is InChI=1S/C14H18F2N2O2/c1-9-6-18(7-10(2)20-9)8-14(19)17-11-3-4-12(15)13(16)5-11/h3-5,9-10H,6-8H2,1-2H3,(H,17,19)/p+1/t9-,10+. The van der Waals surface area contributed by atoms with Gasteiger partial charge in [0.1, 0.15) is 25.3 Å². The van der Waals surface area contributed by atoms with Gasteiger partial charge in [0.15, 0.2) is 18.2 Å². The van der Waals surface area contributed by atoms with Crippen LogP contribution in [0.25, 0.3) is 0 Å². The number of anilines is 1. The van der Waals surface area contributed by atoms with Gasteiger partial charge in [0.2, 0.25) is 0 Å². The van der Waals surface area contributed by atoms with Gasteiger partial charge in [-0.25, -0.2) is 8.78 Å². The van der Waals surface area contributed by atoms with Crippen LogP contribution in [0, 0.1) is 11.6 Å². The Morgan fingerprint density at radius 2 is 1.95 bits per heavy atom. The van der Waals surface area contributed by atoms with Crippen molar-refractivity contribution < 1.29 is 23.2 Å². The molecule has 0 aromatic heterocycles. The topological polar surface area (TPSA) is 42.8 Å². The molecule has 3 atom stereocenters. The molecule has 2 N–H and O–H groups in total. The van der Waals surface area contributed by atoms with Gasteiger partial charge in [-0.1, -0.05) is 0 Å². The maximum absolute atomic E-state index is 13.0. The number of ether oxygens (including phenoxy) is 1. The number of hydrogen-bond donors (Lipinski definition) is 2. The number of benzene rings is 1. The molecule has 1 saturated heterocycles. The second-order valence-electron chi connectivity index (χ2n) is 5.27. The van der Waals surface area contributed by atoms with Crippen molar-refractivity contribution in [3.8, 4) is 0 Å². The fourth-order valence-electron chi connectivity index (χ4n) is 2.54. The van der Waals surface area contributed by atoms with E-state index in [1.807, 2.05) is 13.8 Å². The highest BCUT2D eigenvalue weighted by Crippen LogP contribution is 2.12. The molecule has 0 spiro atoms. The van der Waals surface area contributed by atoms with Crippen LogP contribution < -0.4 is 10.2 Å². The van der Waals surface area contributed by atoms with Crippen molar-refractivity contribution in [3.63, 3.8) is 0 Å². The SMILES string of the molecule is C[C@@H]1C[NH+](CC(=O)Nc2ccc(F)c(F)c2)C[C@H](C)O1. The van der Waals surface area contributed by atoms with E-state index in [4.69, 9.17) is 4.74 Å². The first-order chi connectivity index (χ1) is 9.44. The maximum atomic E-state index is 13.0. The van der Waals surface area contributed by atoms with Crippen LogP contribution in [0.5, 0.6) is 0 Å². The van der Waals surface area contributed by atoms with Crippen LogP contribution in [0.3, 0.4) is 0 Å². The van der Waals surface area contributed by atoms with E-state index in [2.05, 4.69) is 5.32 Å². The first kappa shape index (κ1) is 14.9. The van der Waals surface area contributed by atoms with Gasteiger partial charge in [-0.15, -0.1) is 0 Å². The normalized spacial score (nSPS) is 26.3. The number of hydrogen-bond acceptors (Lipinski definition) is 2.